The van der Waals surface area contributed by atoms with Crippen LogP contribution in [0.5, 0.6) is 0 Å². The van der Waals surface area contributed by atoms with E-state index in [2.05, 4.69) is 13.8 Å². The smallest absolute Gasteiger partial charge is 0.0578 e. The second-order valence-electron chi connectivity index (χ2n) is 7.71. The van der Waals surface area contributed by atoms with E-state index in [1.54, 1.807) is 0 Å². The van der Waals surface area contributed by atoms with Crippen molar-refractivity contribution in [2.75, 3.05) is 6.61 Å². The third-order valence-corrected chi connectivity index (χ3v) is 5.97. The van der Waals surface area contributed by atoms with Gasteiger partial charge in [0.05, 0.1) is 6.10 Å². The highest BCUT2D eigenvalue weighted by Crippen LogP contribution is 2.44. The molecule has 0 radical (unpaired) electrons. The van der Waals surface area contributed by atoms with E-state index < -0.39 is 0 Å². The lowest BCUT2D eigenvalue weighted by Crippen LogP contribution is -2.34. The number of hydrogen-bond acceptors (Lipinski definition) is 1. The summed E-state index contributed by atoms with van der Waals surface area (Å²) in [6.07, 6.45) is 18.9. The van der Waals surface area contributed by atoms with E-state index in [0.29, 0.717) is 6.10 Å². The fraction of sp³-hybridized carbons (Fsp3) is 1.00. The van der Waals surface area contributed by atoms with Gasteiger partial charge in [-0.1, -0.05) is 58.8 Å². The molecule has 2 aliphatic rings. The molecule has 1 heteroatoms. The van der Waals surface area contributed by atoms with Crippen molar-refractivity contribution >= 4 is 0 Å². The third-order valence-electron chi connectivity index (χ3n) is 5.97. The molecule has 2 fully saturated rings. The van der Waals surface area contributed by atoms with E-state index in [0.717, 1.165) is 24.4 Å². The zero-order valence-corrected chi connectivity index (χ0v) is 14.6. The topological polar surface area (TPSA) is 9.23 Å². The lowest BCUT2D eigenvalue weighted by Gasteiger charge is -2.42. The van der Waals surface area contributed by atoms with Gasteiger partial charge in [0.15, 0.2) is 0 Å². The molecule has 4 atom stereocenters. The van der Waals surface area contributed by atoms with Gasteiger partial charge in [0.1, 0.15) is 0 Å². The number of fused-ring (bicyclic) bond motifs is 1. The van der Waals surface area contributed by atoms with Crippen molar-refractivity contribution in [3.8, 4) is 0 Å². The Balaban J connectivity index is 1.58. The summed E-state index contributed by atoms with van der Waals surface area (Å²) < 4.78 is 6.19. The summed E-state index contributed by atoms with van der Waals surface area (Å²) in [6, 6.07) is 0. The van der Waals surface area contributed by atoms with Gasteiger partial charge in [0.2, 0.25) is 0 Å². The molecule has 2 aliphatic carbocycles. The van der Waals surface area contributed by atoms with E-state index in [4.69, 9.17) is 4.74 Å². The van der Waals surface area contributed by atoms with E-state index in [-0.39, 0.29) is 0 Å². The summed E-state index contributed by atoms with van der Waals surface area (Å²) in [5, 5.41) is 0. The van der Waals surface area contributed by atoms with Crippen LogP contribution in [0.4, 0.5) is 0 Å². The molecule has 2 saturated carbocycles. The molecule has 2 rings (SSSR count). The third kappa shape index (κ3) is 5.93. The molecule has 0 aliphatic heterocycles. The minimum atomic E-state index is 0.597. The van der Waals surface area contributed by atoms with E-state index in [9.17, 15) is 0 Å². The quantitative estimate of drug-likeness (QED) is 0.450. The molecule has 1 nitrogen and oxygen atoms in total. The molecule has 0 aromatic rings. The molecule has 0 aromatic carbocycles. The summed E-state index contributed by atoms with van der Waals surface area (Å²) in [6.45, 7) is 5.64. The van der Waals surface area contributed by atoms with Crippen LogP contribution in [-0.2, 0) is 4.74 Å². The van der Waals surface area contributed by atoms with E-state index in [1.807, 2.05) is 0 Å². The number of ether oxygens (including phenoxy) is 1. The Bertz CT molecular complexity index is 261. The first-order valence-electron chi connectivity index (χ1n) is 9.95. The van der Waals surface area contributed by atoms with E-state index in [1.165, 1.54) is 83.5 Å². The molecule has 124 valence electrons. The Hall–Kier alpha value is -0.0400. The van der Waals surface area contributed by atoms with Crippen LogP contribution in [0.25, 0.3) is 0 Å². The van der Waals surface area contributed by atoms with Crippen LogP contribution in [0, 0.1) is 17.8 Å². The van der Waals surface area contributed by atoms with Crippen LogP contribution >= 0.6 is 0 Å². The highest BCUT2D eigenvalue weighted by atomic mass is 16.5. The van der Waals surface area contributed by atoms with Crippen LogP contribution in [0.3, 0.4) is 0 Å². The van der Waals surface area contributed by atoms with Gasteiger partial charge >= 0.3 is 0 Å². The first kappa shape index (κ1) is 17.3. The molecule has 0 saturated heterocycles. The van der Waals surface area contributed by atoms with Crippen LogP contribution in [0.1, 0.15) is 97.3 Å². The Morgan fingerprint density at radius 1 is 0.762 bits per heavy atom. The van der Waals surface area contributed by atoms with Crippen molar-refractivity contribution in [1.29, 1.82) is 0 Å². The Morgan fingerprint density at radius 3 is 2.33 bits per heavy atom. The zero-order chi connectivity index (χ0) is 14.9. The second kappa shape index (κ2) is 9.87. The molecule has 0 bridgehead atoms. The van der Waals surface area contributed by atoms with Crippen molar-refractivity contribution in [2.45, 2.75) is 103 Å². The average Bonchev–Trinajstić information content (AvgIpc) is 2.51. The molecular weight excluding hydrogens is 256 g/mol. The maximum atomic E-state index is 6.19. The van der Waals surface area contributed by atoms with Crippen molar-refractivity contribution in [3.05, 3.63) is 0 Å². The number of hydrogen-bond donors (Lipinski definition) is 0. The SMILES string of the molecule is CCCCCCCO[C@@H]1CC[C@@H]2CC(CCC)CCC2C1. The summed E-state index contributed by atoms with van der Waals surface area (Å²) >= 11 is 0. The molecular formula is C20H38O. The minimum Gasteiger partial charge on any atom is -0.378 e. The number of unbranched alkanes of at least 4 members (excludes halogenated alkanes) is 4. The van der Waals surface area contributed by atoms with E-state index >= 15 is 0 Å². The van der Waals surface area contributed by atoms with Gasteiger partial charge in [0.25, 0.3) is 0 Å². The van der Waals surface area contributed by atoms with Crippen molar-refractivity contribution < 1.29 is 4.74 Å². The summed E-state index contributed by atoms with van der Waals surface area (Å²) in [5.74, 6) is 3.09. The van der Waals surface area contributed by atoms with Crippen molar-refractivity contribution in [2.24, 2.45) is 17.8 Å². The standard InChI is InChI=1S/C20H38O/c1-3-5-6-7-8-14-21-20-13-12-18-15-17(9-4-2)10-11-19(18)16-20/h17-20H,3-16H2,1-2H3/t17?,18-,19?,20-/m1/s1. The zero-order valence-electron chi connectivity index (χ0n) is 14.6. The molecule has 0 amide bonds. The van der Waals surface area contributed by atoms with Gasteiger partial charge in [-0.05, 0) is 56.3 Å². The molecule has 0 spiro atoms. The minimum absolute atomic E-state index is 0.597. The molecule has 0 heterocycles. The summed E-state index contributed by atoms with van der Waals surface area (Å²) in [7, 11) is 0. The second-order valence-corrected chi connectivity index (χ2v) is 7.71. The van der Waals surface area contributed by atoms with Crippen LogP contribution in [0.2, 0.25) is 0 Å². The Kier molecular flexibility index (Phi) is 8.14. The van der Waals surface area contributed by atoms with Crippen LogP contribution in [0.15, 0.2) is 0 Å². The Labute approximate surface area is 133 Å². The molecule has 21 heavy (non-hydrogen) atoms. The first-order valence-corrected chi connectivity index (χ1v) is 9.95. The van der Waals surface area contributed by atoms with Gasteiger partial charge in [0, 0.05) is 6.61 Å². The largest absolute Gasteiger partial charge is 0.378 e. The fourth-order valence-electron chi connectivity index (χ4n) is 4.72. The molecule has 2 unspecified atom stereocenters. The number of rotatable bonds is 9. The monoisotopic (exact) mass is 294 g/mol. The summed E-state index contributed by atoms with van der Waals surface area (Å²) in [5.41, 5.74) is 0. The predicted molar refractivity (Wildman–Crippen MR) is 91.6 cm³/mol. The maximum Gasteiger partial charge on any atom is 0.0578 e. The first-order chi connectivity index (χ1) is 10.3. The van der Waals surface area contributed by atoms with Crippen LogP contribution < -0.4 is 0 Å². The molecule has 0 N–H and O–H groups in total. The maximum absolute atomic E-state index is 6.19. The van der Waals surface area contributed by atoms with Crippen molar-refractivity contribution in [3.63, 3.8) is 0 Å². The normalized spacial score (nSPS) is 32.9. The lowest BCUT2D eigenvalue weighted by atomic mass is 9.66. The van der Waals surface area contributed by atoms with Gasteiger partial charge in [-0.3, -0.25) is 0 Å². The highest BCUT2D eigenvalue weighted by Gasteiger charge is 2.35. The van der Waals surface area contributed by atoms with Gasteiger partial charge in [-0.25, -0.2) is 0 Å². The predicted octanol–water partition coefficient (Wildman–Crippen LogP) is 6.36. The lowest BCUT2D eigenvalue weighted by molar-refractivity contribution is -0.0209. The van der Waals surface area contributed by atoms with Crippen molar-refractivity contribution in [1.82, 2.24) is 0 Å². The molecule has 0 aromatic heterocycles. The van der Waals surface area contributed by atoms with Gasteiger partial charge < -0.3 is 4.74 Å². The van der Waals surface area contributed by atoms with Crippen LogP contribution in [-0.4, -0.2) is 12.7 Å². The summed E-state index contributed by atoms with van der Waals surface area (Å²) in [4.78, 5) is 0. The Morgan fingerprint density at radius 2 is 1.52 bits per heavy atom. The average molecular weight is 295 g/mol. The van der Waals surface area contributed by atoms with Gasteiger partial charge in [-0.2, -0.15) is 0 Å². The highest BCUT2D eigenvalue weighted by molar-refractivity contribution is 4.86. The van der Waals surface area contributed by atoms with Gasteiger partial charge in [-0.15, -0.1) is 0 Å². The fourth-order valence-corrected chi connectivity index (χ4v) is 4.72.